The summed E-state index contributed by atoms with van der Waals surface area (Å²) in [5.41, 5.74) is 6.49. The molecule has 114 valence electrons. The number of carbonyl (C=O) groups excluding carboxylic acids is 2. The Morgan fingerprint density at radius 3 is 2.59 bits per heavy atom. The van der Waals surface area contributed by atoms with Gasteiger partial charge in [0.25, 0.3) is 11.8 Å². The Balaban J connectivity index is 1.81. The van der Waals surface area contributed by atoms with Gasteiger partial charge in [-0.05, 0) is 30.2 Å². The molecule has 1 aromatic heterocycles. The molecule has 0 fully saturated rings. The summed E-state index contributed by atoms with van der Waals surface area (Å²) in [6.45, 7) is 0.561. The molecule has 0 atom stereocenters. The van der Waals surface area contributed by atoms with Gasteiger partial charge >= 0.3 is 0 Å². The number of aromatic nitrogens is 1. The zero-order chi connectivity index (χ0) is 15.9. The van der Waals surface area contributed by atoms with E-state index in [0.29, 0.717) is 18.5 Å². The fourth-order valence-corrected chi connectivity index (χ4v) is 1.99. The van der Waals surface area contributed by atoms with Crippen molar-refractivity contribution >= 4 is 11.8 Å². The van der Waals surface area contributed by atoms with Gasteiger partial charge in [0.15, 0.2) is 12.4 Å². The molecule has 3 N–H and O–H groups in total. The van der Waals surface area contributed by atoms with Crippen molar-refractivity contribution in [3.05, 3.63) is 65.7 Å². The molecule has 2 amide bonds. The molecular formula is C16H17FN3O2+. The summed E-state index contributed by atoms with van der Waals surface area (Å²) in [5.74, 6) is -0.988. The maximum atomic E-state index is 12.8. The summed E-state index contributed by atoms with van der Waals surface area (Å²) >= 11 is 0. The highest BCUT2D eigenvalue weighted by Gasteiger charge is 2.11. The fourth-order valence-electron chi connectivity index (χ4n) is 1.99. The third-order valence-corrected chi connectivity index (χ3v) is 3.12. The number of pyridine rings is 1. The van der Waals surface area contributed by atoms with E-state index < -0.39 is 5.91 Å². The van der Waals surface area contributed by atoms with Crippen LogP contribution in [0.25, 0.3) is 0 Å². The van der Waals surface area contributed by atoms with Crippen LogP contribution in [-0.4, -0.2) is 18.4 Å². The minimum atomic E-state index is -0.536. The van der Waals surface area contributed by atoms with Gasteiger partial charge in [-0.2, -0.15) is 4.57 Å². The molecule has 1 heterocycles. The van der Waals surface area contributed by atoms with Gasteiger partial charge in [0.1, 0.15) is 11.4 Å². The Labute approximate surface area is 127 Å². The molecule has 1 aromatic carbocycles. The number of nitrogens with one attached hydrogen (secondary N) is 1. The molecule has 2 rings (SSSR count). The van der Waals surface area contributed by atoms with E-state index >= 15 is 0 Å². The molecule has 0 bridgehead atoms. The van der Waals surface area contributed by atoms with E-state index in [-0.39, 0.29) is 18.3 Å². The summed E-state index contributed by atoms with van der Waals surface area (Å²) in [5, 5.41) is 2.77. The second-order valence-electron chi connectivity index (χ2n) is 4.86. The van der Waals surface area contributed by atoms with E-state index in [2.05, 4.69) is 5.32 Å². The van der Waals surface area contributed by atoms with Gasteiger partial charge in [-0.3, -0.25) is 9.59 Å². The van der Waals surface area contributed by atoms with Crippen molar-refractivity contribution in [1.29, 1.82) is 0 Å². The van der Waals surface area contributed by atoms with Crippen LogP contribution in [0.2, 0.25) is 0 Å². The predicted octanol–water partition coefficient (Wildman–Crippen LogP) is 0.571. The van der Waals surface area contributed by atoms with Crippen LogP contribution in [0.4, 0.5) is 4.39 Å². The van der Waals surface area contributed by atoms with Crippen molar-refractivity contribution < 1.29 is 18.5 Å². The second-order valence-corrected chi connectivity index (χ2v) is 4.86. The van der Waals surface area contributed by atoms with Crippen molar-refractivity contribution in [1.82, 2.24) is 5.32 Å². The number of halogens is 1. The third kappa shape index (κ3) is 4.66. The maximum absolute atomic E-state index is 12.8. The lowest BCUT2D eigenvalue weighted by atomic mass is 10.1. The summed E-state index contributed by atoms with van der Waals surface area (Å²) in [6.07, 6.45) is 3.84. The second kappa shape index (κ2) is 7.31. The largest absolute Gasteiger partial charge is 0.365 e. The standard InChI is InChI=1S/C16H16FN3O2/c17-14-5-3-12(4-6-14)7-8-19-15(21)11-20-9-1-2-13(10-20)16(18)22/h1-6,9-10H,7-8,11H2,(H2-,18,19,21,22)/p+1. The number of amides is 2. The fraction of sp³-hybridized carbons (Fsp3) is 0.188. The highest BCUT2D eigenvalue weighted by atomic mass is 19.1. The van der Waals surface area contributed by atoms with Gasteiger partial charge in [-0.15, -0.1) is 0 Å². The van der Waals surface area contributed by atoms with Crippen LogP contribution in [0.1, 0.15) is 15.9 Å². The molecule has 0 aliphatic rings. The Kier molecular flexibility index (Phi) is 5.19. The van der Waals surface area contributed by atoms with E-state index in [1.165, 1.54) is 18.3 Å². The van der Waals surface area contributed by atoms with E-state index in [4.69, 9.17) is 5.73 Å². The summed E-state index contributed by atoms with van der Waals surface area (Å²) < 4.78 is 14.4. The predicted molar refractivity (Wildman–Crippen MR) is 78.3 cm³/mol. The number of rotatable bonds is 6. The highest BCUT2D eigenvalue weighted by Crippen LogP contribution is 2.02. The topological polar surface area (TPSA) is 76.1 Å². The van der Waals surface area contributed by atoms with E-state index in [0.717, 1.165) is 5.56 Å². The summed E-state index contributed by atoms with van der Waals surface area (Å²) in [4.78, 5) is 22.9. The monoisotopic (exact) mass is 302 g/mol. The molecule has 0 saturated carbocycles. The number of primary amides is 1. The summed E-state index contributed by atoms with van der Waals surface area (Å²) in [6, 6.07) is 9.40. The molecular weight excluding hydrogens is 285 g/mol. The number of nitrogens with zero attached hydrogens (tertiary/aromatic N) is 1. The number of hydrogen-bond acceptors (Lipinski definition) is 2. The molecule has 0 saturated heterocycles. The Bertz CT molecular complexity index is 671. The zero-order valence-electron chi connectivity index (χ0n) is 12.0. The first-order chi connectivity index (χ1) is 10.5. The lowest BCUT2D eigenvalue weighted by Crippen LogP contribution is -2.43. The molecule has 2 aromatic rings. The van der Waals surface area contributed by atoms with Crippen LogP contribution in [-0.2, 0) is 17.8 Å². The van der Waals surface area contributed by atoms with Gasteiger partial charge < -0.3 is 11.1 Å². The molecule has 22 heavy (non-hydrogen) atoms. The Hall–Kier alpha value is -2.76. The average Bonchev–Trinajstić information content (AvgIpc) is 2.49. The van der Waals surface area contributed by atoms with E-state index in [9.17, 15) is 14.0 Å². The molecule has 0 unspecified atom stereocenters. The minimum Gasteiger partial charge on any atom is -0.365 e. The van der Waals surface area contributed by atoms with Crippen molar-refractivity contribution in [3.8, 4) is 0 Å². The van der Waals surface area contributed by atoms with Crippen molar-refractivity contribution in [2.75, 3.05) is 6.54 Å². The molecule has 5 nitrogen and oxygen atoms in total. The van der Waals surface area contributed by atoms with Gasteiger partial charge in [-0.25, -0.2) is 4.39 Å². The van der Waals surface area contributed by atoms with Crippen molar-refractivity contribution in [2.24, 2.45) is 5.73 Å². The van der Waals surface area contributed by atoms with Crippen LogP contribution in [0, 0.1) is 5.82 Å². The lowest BCUT2D eigenvalue weighted by Gasteiger charge is -2.04. The first-order valence-corrected chi connectivity index (χ1v) is 6.84. The molecule has 0 spiro atoms. The van der Waals surface area contributed by atoms with Crippen LogP contribution in [0.3, 0.4) is 0 Å². The van der Waals surface area contributed by atoms with Crippen LogP contribution >= 0.6 is 0 Å². The lowest BCUT2D eigenvalue weighted by molar-refractivity contribution is -0.684. The zero-order valence-corrected chi connectivity index (χ0v) is 12.0. The first-order valence-electron chi connectivity index (χ1n) is 6.84. The number of carbonyl (C=O) groups is 2. The van der Waals surface area contributed by atoms with Crippen molar-refractivity contribution in [2.45, 2.75) is 13.0 Å². The van der Waals surface area contributed by atoms with E-state index in [1.807, 2.05) is 0 Å². The Morgan fingerprint density at radius 2 is 1.91 bits per heavy atom. The van der Waals surface area contributed by atoms with Gasteiger partial charge in [0, 0.05) is 12.6 Å². The van der Waals surface area contributed by atoms with Gasteiger partial charge in [0.05, 0.1) is 0 Å². The highest BCUT2D eigenvalue weighted by molar-refractivity contribution is 5.92. The average molecular weight is 302 g/mol. The summed E-state index contributed by atoms with van der Waals surface area (Å²) in [7, 11) is 0. The minimum absolute atomic E-state index is 0.102. The SMILES string of the molecule is NC(=O)c1ccc[n+](CC(=O)NCCc2ccc(F)cc2)c1. The van der Waals surface area contributed by atoms with Gasteiger partial charge in [-0.1, -0.05) is 12.1 Å². The van der Waals surface area contributed by atoms with Crippen LogP contribution < -0.4 is 15.6 Å². The van der Waals surface area contributed by atoms with Crippen molar-refractivity contribution in [3.63, 3.8) is 0 Å². The van der Waals surface area contributed by atoms with Crippen LogP contribution in [0.15, 0.2) is 48.8 Å². The quantitative estimate of drug-likeness (QED) is 0.766. The smallest absolute Gasteiger partial charge is 0.285 e. The molecule has 0 radical (unpaired) electrons. The molecule has 6 heteroatoms. The Morgan fingerprint density at radius 1 is 1.18 bits per heavy atom. The van der Waals surface area contributed by atoms with E-state index in [1.54, 1.807) is 35.0 Å². The number of nitrogens with two attached hydrogens (primary N) is 1. The molecule has 0 aliphatic carbocycles. The third-order valence-electron chi connectivity index (χ3n) is 3.12. The first kappa shape index (κ1) is 15.6. The van der Waals surface area contributed by atoms with Gasteiger partial charge in [0.2, 0.25) is 6.54 Å². The maximum Gasteiger partial charge on any atom is 0.285 e. The molecule has 0 aliphatic heterocycles. The van der Waals surface area contributed by atoms with Crippen LogP contribution in [0.5, 0.6) is 0 Å². The number of hydrogen-bond donors (Lipinski definition) is 2. The number of benzene rings is 1. The normalized spacial score (nSPS) is 10.2.